The van der Waals surface area contributed by atoms with Crippen molar-refractivity contribution in [3.05, 3.63) is 24.3 Å². The summed E-state index contributed by atoms with van der Waals surface area (Å²) in [4.78, 5) is 24.6. The second-order valence-electron chi connectivity index (χ2n) is 26.0. The molecule has 0 saturated heterocycles. The van der Waals surface area contributed by atoms with Gasteiger partial charge in [0.25, 0.3) is 0 Å². The van der Waals surface area contributed by atoms with Crippen LogP contribution in [0, 0.1) is 0 Å². The number of unbranched alkanes of at least 4 members (excludes halogenated alkanes) is 56. The lowest BCUT2D eigenvalue weighted by atomic mass is 10.0. The van der Waals surface area contributed by atoms with E-state index >= 15 is 0 Å². The molecule has 1 amide bonds. The minimum Gasteiger partial charge on any atom is -0.466 e. The van der Waals surface area contributed by atoms with Crippen molar-refractivity contribution in [2.75, 3.05) is 13.2 Å². The summed E-state index contributed by atoms with van der Waals surface area (Å²) in [5, 5.41) is 23.4. The Morgan fingerprint density at radius 2 is 0.573 bits per heavy atom. The third-order valence-electron chi connectivity index (χ3n) is 17.7. The molecule has 0 rings (SSSR count). The molecular formula is C76H147NO5. The molecule has 0 aromatic carbocycles. The minimum atomic E-state index is -0.663. The van der Waals surface area contributed by atoms with Crippen LogP contribution in [-0.2, 0) is 14.3 Å². The molecule has 3 N–H and O–H groups in total. The number of ether oxygens (including phenoxy) is 1. The smallest absolute Gasteiger partial charge is 0.305 e. The number of carbonyl (C=O) groups is 2. The lowest BCUT2D eigenvalue weighted by Gasteiger charge is -2.22. The summed E-state index contributed by atoms with van der Waals surface area (Å²) < 4.78 is 5.49. The van der Waals surface area contributed by atoms with Crippen LogP contribution in [0.3, 0.4) is 0 Å². The van der Waals surface area contributed by atoms with Gasteiger partial charge in [-0.05, 0) is 77.0 Å². The molecule has 0 spiro atoms. The number of hydrogen-bond acceptors (Lipinski definition) is 5. The predicted molar refractivity (Wildman–Crippen MR) is 361 cm³/mol. The van der Waals surface area contributed by atoms with E-state index < -0.39 is 12.1 Å². The number of carbonyl (C=O) groups excluding carboxylic acids is 2. The number of esters is 1. The Morgan fingerprint density at radius 3 is 0.866 bits per heavy atom. The highest BCUT2D eigenvalue weighted by molar-refractivity contribution is 5.76. The quantitative estimate of drug-likeness (QED) is 0.0320. The molecule has 0 heterocycles. The van der Waals surface area contributed by atoms with Crippen LogP contribution in [0.5, 0.6) is 0 Å². The van der Waals surface area contributed by atoms with E-state index in [4.69, 9.17) is 4.74 Å². The van der Waals surface area contributed by atoms with Crippen molar-refractivity contribution < 1.29 is 24.5 Å². The average Bonchev–Trinajstić information content (AvgIpc) is 3.48. The largest absolute Gasteiger partial charge is 0.466 e. The molecule has 486 valence electrons. The molecule has 0 aliphatic rings. The molecule has 0 aliphatic carbocycles. The first-order valence-corrected chi connectivity index (χ1v) is 37.6. The normalized spacial score (nSPS) is 12.6. The summed E-state index contributed by atoms with van der Waals surface area (Å²) >= 11 is 0. The zero-order valence-electron chi connectivity index (χ0n) is 55.8. The van der Waals surface area contributed by atoms with Crippen LogP contribution in [-0.4, -0.2) is 47.4 Å². The monoisotopic (exact) mass is 1150 g/mol. The summed E-state index contributed by atoms with van der Waals surface area (Å²) in [6.45, 7) is 4.98. The van der Waals surface area contributed by atoms with Crippen LogP contribution < -0.4 is 5.32 Å². The van der Waals surface area contributed by atoms with Crippen molar-refractivity contribution >= 4 is 11.9 Å². The first-order chi connectivity index (χ1) is 40.5. The van der Waals surface area contributed by atoms with Crippen molar-refractivity contribution in [2.24, 2.45) is 0 Å². The van der Waals surface area contributed by atoms with Gasteiger partial charge in [-0.3, -0.25) is 9.59 Å². The van der Waals surface area contributed by atoms with Crippen LogP contribution in [0.1, 0.15) is 425 Å². The van der Waals surface area contributed by atoms with Gasteiger partial charge in [0.15, 0.2) is 0 Å². The fourth-order valence-electron chi connectivity index (χ4n) is 12.0. The third kappa shape index (κ3) is 67.5. The number of amides is 1. The maximum absolute atomic E-state index is 12.5. The van der Waals surface area contributed by atoms with Gasteiger partial charge >= 0.3 is 5.97 Å². The second kappa shape index (κ2) is 71.8. The zero-order valence-corrected chi connectivity index (χ0v) is 55.8. The van der Waals surface area contributed by atoms with Crippen LogP contribution in [0.15, 0.2) is 24.3 Å². The van der Waals surface area contributed by atoms with Crippen LogP contribution in [0.25, 0.3) is 0 Å². The van der Waals surface area contributed by atoms with Crippen molar-refractivity contribution in [2.45, 2.75) is 437 Å². The van der Waals surface area contributed by atoms with E-state index in [2.05, 4.69) is 43.5 Å². The predicted octanol–water partition coefficient (Wildman–Crippen LogP) is 24.5. The summed E-state index contributed by atoms with van der Waals surface area (Å²) in [5.74, 6) is -0.0174. The van der Waals surface area contributed by atoms with E-state index in [0.29, 0.717) is 25.9 Å². The van der Waals surface area contributed by atoms with Gasteiger partial charge in [-0.25, -0.2) is 0 Å². The lowest BCUT2D eigenvalue weighted by Crippen LogP contribution is -2.45. The molecule has 2 atom stereocenters. The summed E-state index contributed by atoms with van der Waals surface area (Å²) in [5.41, 5.74) is 0. The minimum absolute atomic E-state index is 0.0104. The lowest BCUT2D eigenvalue weighted by molar-refractivity contribution is -0.143. The van der Waals surface area contributed by atoms with E-state index in [1.54, 1.807) is 0 Å². The SMILES string of the molecule is CCCCCCC/C=C\CCCCCCCC(=O)OCCCCCCCCCCCCCC/C=C\CCCCCCCCCCCCCCCCCCC(=O)NC(CO)C(O)CCCCCCCCCCCCCCCCCCCCC. The van der Waals surface area contributed by atoms with Crippen LogP contribution >= 0.6 is 0 Å². The number of nitrogens with one attached hydrogen (secondary N) is 1. The van der Waals surface area contributed by atoms with Crippen molar-refractivity contribution in [1.82, 2.24) is 5.32 Å². The maximum atomic E-state index is 12.5. The number of aliphatic hydroxyl groups excluding tert-OH is 2. The Bertz CT molecular complexity index is 1280. The van der Waals surface area contributed by atoms with E-state index in [9.17, 15) is 19.8 Å². The highest BCUT2D eigenvalue weighted by Gasteiger charge is 2.20. The average molecular weight is 1160 g/mol. The molecule has 6 nitrogen and oxygen atoms in total. The molecule has 0 bridgehead atoms. The fourth-order valence-corrected chi connectivity index (χ4v) is 12.0. The highest BCUT2D eigenvalue weighted by Crippen LogP contribution is 2.19. The van der Waals surface area contributed by atoms with Crippen molar-refractivity contribution in [1.29, 1.82) is 0 Å². The topological polar surface area (TPSA) is 95.9 Å². The first kappa shape index (κ1) is 80.3. The van der Waals surface area contributed by atoms with E-state index in [1.165, 1.54) is 347 Å². The first-order valence-electron chi connectivity index (χ1n) is 37.6. The molecule has 0 radical (unpaired) electrons. The number of allylic oxidation sites excluding steroid dienone is 4. The Morgan fingerprint density at radius 1 is 0.329 bits per heavy atom. The summed E-state index contributed by atoms with van der Waals surface area (Å²) in [6, 6.07) is -0.540. The summed E-state index contributed by atoms with van der Waals surface area (Å²) in [6.07, 6.45) is 91.1. The fraction of sp³-hybridized carbons (Fsp3) is 0.921. The van der Waals surface area contributed by atoms with E-state index in [-0.39, 0.29) is 18.5 Å². The van der Waals surface area contributed by atoms with Gasteiger partial charge in [0.05, 0.1) is 25.4 Å². The van der Waals surface area contributed by atoms with Crippen LogP contribution in [0.2, 0.25) is 0 Å². The van der Waals surface area contributed by atoms with Crippen molar-refractivity contribution in [3.8, 4) is 0 Å². The highest BCUT2D eigenvalue weighted by atomic mass is 16.5. The van der Waals surface area contributed by atoms with Gasteiger partial charge in [-0.15, -0.1) is 0 Å². The summed E-state index contributed by atoms with van der Waals surface area (Å²) in [7, 11) is 0. The Labute approximate surface area is 513 Å². The number of rotatable bonds is 71. The second-order valence-corrected chi connectivity index (χ2v) is 26.0. The Kier molecular flexibility index (Phi) is 70.4. The molecule has 2 unspecified atom stereocenters. The molecule has 0 aromatic rings. The Balaban J connectivity index is 3.35. The van der Waals surface area contributed by atoms with E-state index in [1.807, 2.05) is 0 Å². The van der Waals surface area contributed by atoms with Gasteiger partial charge in [0.2, 0.25) is 5.91 Å². The third-order valence-corrected chi connectivity index (χ3v) is 17.7. The van der Waals surface area contributed by atoms with Gasteiger partial charge in [-0.1, -0.05) is 359 Å². The van der Waals surface area contributed by atoms with Crippen LogP contribution in [0.4, 0.5) is 0 Å². The molecule has 0 fully saturated rings. The van der Waals surface area contributed by atoms with Gasteiger partial charge < -0.3 is 20.3 Å². The standard InChI is InChI=1S/C76H147NO5/c1-3-5-7-9-11-13-15-17-19-20-35-38-41-44-48-52-56-60-64-68-74(79)73(72-78)77-75(80)69-65-61-57-53-49-45-42-39-36-33-31-29-27-25-23-21-22-24-26-28-30-32-34-37-40-43-47-51-55-59-63-67-71-82-76(81)70-66-62-58-54-50-46-18-16-14-12-10-8-6-4-2/h16,18,24,26,73-74,78-79H,3-15,17,19-23,25,27-72H2,1-2H3,(H,77,80)/b18-16-,26-24-. The molecule has 82 heavy (non-hydrogen) atoms. The van der Waals surface area contributed by atoms with Gasteiger partial charge in [0.1, 0.15) is 0 Å². The van der Waals surface area contributed by atoms with E-state index in [0.717, 1.165) is 44.9 Å². The zero-order chi connectivity index (χ0) is 59.2. The van der Waals surface area contributed by atoms with Gasteiger partial charge in [0, 0.05) is 12.8 Å². The number of aliphatic hydroxyl groups is 2. The molecule has 0 aromatic heterocycles. The van der Waals surface area contributed by atoms with Crippen molar-refractivity contribution in [3.63, 3.8) is 0 Å². The molecular weight excluding hydrogens is 1010 g/mol. The molecule has 0 aliphatic heterocycles. The molecule has 6 heteroatoms. The molecule has 0 saturated carbocycles. The van der Waals surface area contributed by atoms with Gasteiger partial charge in [-0.2, -0.15) is 0 Å². The maximum Gasteiger partial charge on any atom is 0.305 e. The number of hydrogen-bond donors (Lipinski definition) is 3. The Hall–Kier alpha value is -1.66.